The first kappa shape index (κ1) is 23.6. The third kappa shape index (κ3) is 3.01. The second-order valence-corrected chi connectivity index (χ2v) is 11.6. The van der Waals surface area contributed by atoms with Gasteiger partial charge >= 0.3 is 0 Å². The Morgan fingerprint density at radius 2 is 1.58 bits per heavy atom. The van der Waals surface area contributed by atoms with Gasteiger partial charge in [-0.2, -0.15) is 0 Å². The molecule has 38 heavy (non-hydrogen) atoms. The average molecular weight is 556 g/mol. The predicted octanol–water partition coefficient (Wildman–Crippen LogP) is 7.37. The molecular weight excluding hydrogens is 537 g/mol. The van der Waals surface area contributed by atoms with E-state index >= 15 is 0 Å². The van der Waals surface area contributed by atoms with E-state index in [2.05, 4.69) is 0 Å². The second-order valence-electron chi connectivity index (χ2n) is 9.77. The number of nitrogens with zero attached hydrogens (tertiary/aromatic N) is 1. The van der Waals surface area contributed by atoms with Gasteiger partial charge in [-0.15, -0.1) is 11.3 Å². The predicted molar refractivity (Wildman–Crippen MR) is 151 cm³/mol. The maximum Gasteiger partial charge on any atom is 0.195 e. The molecule has 1 fully saturated rings. The Kier molecular flexibility index (Phi) is 5.28. The molecule has 1 aliphatic carbocycles. The van der Waals surface area contributed by atoms with Crippen LogP contribution < -0.4 is 4.90 Å². The van der Waals surface area contributed by atoms with Gasteiger partial charge in [0.1, 0.15) is 11.5 Å². The van der Waals surface area contributed by atoms with Gasteiger partial charge in [-0.1, -0.05) is 83.9 Å². The highest BCUT2D eigenvalue weighted by molar-refractivity contribution is 7.12. The van der Waals surface area contributed by atoms with Gasteiger partial charge in [0.05, 0.1) is 10.9 Å². The summed E-state index contributed by atoms with van der Waals surface area (Å²) in [5, 5.41) is 2.83. The van der Waals surface area contributed by atoms with Crippen molar-refractivity contribution < 1.29 is 14.4 Å². The number of carbonyl (C=O) groups excluding carboxylic acids is 3. The van der Waals surface area contributed by atoms with Crippen LogP contribution >= 0.6 is 34.5 Å². The van der Waals surface area contributed by atoms with E-state index in [-0.39, 0.29) is 17.3 Å². The van der Waals surface area contributed by atoms with Crippen LogP contribution in [0.25, 0.3) is 6.08 Å². The summed E-state index contributed by atoms with van der Waals surface area (Å²) in [5.41, 5.74) is 1.38. The van der Waals surface area contributed by atoms with Crippen molar-refractivity contribution in [1.82, 2.24) is 0 Å². The van der Waals surface area contributed by atoms with Crippen LogP contribution in [0, 0.1) is 5.41 Å². The molecule has 1 saturated heterocycles. The van der Waals surface area contributed by atoms with E-state index in [1.807, 2.05) is 52.8 Å². The zero-order valence-corrected chi connectivity index (χ0v) is 22.1. The van der Waals surface area contributed by atoms with E-state index in [9.17, 15) is 14.4 Å². The first-order valence-electron chi connectivity index (χ1n) is 12.2. The fourth-order valence-corrected chi connectivity index (χ4v) is 7.71. The topological polar surface area (TPSA) is 54.5 Å². The van der Waals surface area contributed by atoms with E-state index in [0.717, 1.165) is 11.3 Å². The van der Waals surface area contributed by atoms with Crippen LogP contribution in [0.15, 0.2) is 90.3 Å². The Morgan fingerprint density at radius 1 is 0.868 bits per heavy atom. The standard InChI is InChI=1S/C31H19Cl2NO3S/c32-18-12-13-23-17(16-18)11-14-25-31(29(36)19-6-1-2-7-20(19)30(31)37)26(21-8-3-4-9-22(21)33)27(34(23)25)28(35)24-10-5-15-38-24/h1-16,25-27H/t25-,26-,27+/m1/s1. The van der Waals surface area contributed by atoms with Gasteiger partial charge in [0.15, 0.2) is 17.3 Å². The molecule has 7 rings (SSSR count). The van der Waals surface area contributed by atoms with Crippen LogP contribution in [-0.2, 0) is 0 Å². The van der Waals surface area contributed by atoms with Gasteiger partial charge in [-0.05, 0) is 46.8 Å². The number of fused-ring (bicyclic) bond motifs is 5. The molecule has 1 aromatic heterocycles. The molecule has 3 atom stereocenters. The highest BCUT2D eigenvalue weighted by Gasteiger charge is 2.71. The van der Waals surface area contributed by atoms with Crippen molar-refractivity contribution >= 4 is 63.7 Å². The molecule has 4 nitrogen and oxygen atoms in total. The molecule has 0 radical (unpaired) electrons. The minimum absolute atomic E-state index is 0.153. The number of halogens is 2. The number of ketones is 3. The van der Waals surface area contributed by atoms with Crippen molar-refractivity contribution in [2.45, 2.75) is 18.0 Å². The zero-order valence-electron chi connectivity index (χ0n) is 19.8. The van der Waals surface area contributed by atoms with Crippen molar-refractivity contribution in [1.29, 1.82) is 0 Å². The molecule has 3 heterocycles. The van der Waals surface area contributed by atoms with Gasteiger partial charge in [0, 0.05) is 32.8 Å². The number of anilines is 1. The van der Waals surface area contributed by atoms with E-state index < -0.39 is 23.4 Å². The number of carbonyl (C=O) groups is 3. The fourth-order valence-electron chi connectivity index (χ4n) is 6.58. The Labute approximate surface area is 233 Å². The van der Waals surface area contributed by atoms with E-state index in [1.54, 1.807) is 48.5 Å². The van der Waals surface area contributed by atoms with Gasteiger partial charge in [-0.3, -0.25) is 14.4 Å². The Hall–Kier alpha value is -3.51. The number of hydrogen-bond acceptors (Lipinski definition) is 5. The molecule has 3 aromatic carbocycles. The van der Waals surface area contributed by atoms with Gasteiger partial charge in [0.2, 0.25) is 0 Å². The van der Waals surface area contributed by atoms with Crippen LogP contribution in [0.3, 0.4) is 0 Å². The lowest BCUT2D eigenvalue weighted by Crippen LogP contribution is -2.48. The maximum absolute atomic E-state index is 14.5. The summed E-state index contributed by atoms with van der Waals surface area (Å²) in [6.07, 6.45) is 3.78. The van der Waals surface area contributed by atoms with Crippen molar-refractivity contribution in [2.75, 3.05) is 4.90 Å². The van der Waals surface area contributed by atoms with Crippen molar-refractivity contribution in [3.8, 4) is 0 Å². The van der Waals surface area contributed by atoms with E-state index in [1.165, 1.54) is 11.3 Å². The van der Waals surface area contributed by atoms with Crippen LogP contribution in [0.5, 0.6) is 0 Å². The van der Waals surface area contributed by atoms with Gasteiger partial charge in [-0.25, -0.2) is 0 Å². The molecule has 1 spiro atoms. The van der Waals surface area contributed by atoms with Crippen molar-refractivity contribution in [3.63, 3.8) is 0 Å². The third-order valence-electron chi connectivity index (χ3n) is 8.04. The third-order valence-corrected chi connectivity index (χ3v) is 9.50. The monoisotopic (exact) mass is 555 g/mol. The SMILES string of the molecule is O=C(c1cccs1)[C@@H]1[C@@H](c2ccccc2Cl)C2(C(=O)c3ccccc3C2=O)[C@H]2C=Cc3cc(Cl)ccc3N12. The first-order valence-corrected chi connectivity index (χ1v) is 13.8. The largest absolute Gasteiger partial charge is 0.352 e. The van der Waals surface area contributed by atoms with Crippen LogP contribution in [-0.4, -0.2) is 29.4 Å². The molecule has 2 aliphatic heterocycles. The Bertz CT molecular complexity index is 1660. The number of rotatable bonds is 3. The number of benzene rings is 3. The summed E-state index contributed by atoms with van der Waals surface area (Å²) in [5.74, 6) is -1.53. The maximum atomic E-state index is 14.5. The fraction of sp³-hybridized carbons (Fsp3) is 0.129. The van der Waals surface area contributed by atoms with E-state index in [4.69, 9.17) is 23.2 Å². The molecule has 0 unspecified atom stereocenters. The van der Waals surface area contributed by atoms with Gasteiger partial charge < -0.3 is 4.90 Å². The van der Waals surface area contributed by atoms with Crippen LogP contribution in [0.4, 0.5) is 5.69 Å². The quantitative estimate of drug-likeness (QED) is 0.195. The lowest BCUT2D eigenvalue weighted by Gasteiger charge is -2.37. The molecule has 0 N–H and O–H groups in total. The molecule has 7 heteroatoms. The number of hydrogen-bond donors (Lipinski definition) is 0. The molecule has 0 saturated carbocycles. The summed E-state index contributed by atoms with van der Waals surface area (Å²) in [7, 11) is 0. The lowest BCUT2D eigenvalue weighted by atomic mass is 9.64. The Balaban J connectivity index is 1.57. The first-order chi connectivity index (χ1) is 18.4. The lowest BCUT2D eigenvalue weighted by molar-refractivity contribution is 0.0666. The number of Topliss-reactive ketones (excluding diaryl/α,β-unsaturated/α-hetero) is 3. The van der Waals surface area contributed by atoms with Crippen molar-refractivity contribution in [3.05, 3.63) is 127 Å². The second kappa shape index (κ2) is 8.50. The summed E-state index contributed by atoms with van der Waals surface area (Å²) in [6, 6.07) is 21.7. The van der Waals surface area contributed by atoms with Crippen LogP contribution in [0.2, 0.25) is 10.0 Å². The highest BCUT2D eigenvalue weighted by atomic mass is 35.5. The highest BCUT2D eigenvalue weighted by Crippen LogP contribution is 2.61. The average Bonchev–Trinajstić information content (AvgIpc) is 3.62. The molecule has 0 bridgehead atoms. The molecule has 186 valence electrons. The molecular formula is C31H19Cl2NO3S. The molecule has 3 aliphatic rings. The van der Waals surface area contributed by atoms with Crippen LogP contribution in [0.1, 0.15) is 47.4 Å². The summed E-state index contributed by atoms with van der Waals surface area (Å²) in [4.78, 5) is 46.0. The Morgan fingerprint density at radius 3 is 2.26 bits per heavy atom. The van der Waals surface area contributed by atoms with E-state index in [0.29, 0.717) is 31.6 Å². The summed E-state index contributed by atoms with van der Waals surface area (Å²) >= 11 is 14.5. The summed E-state index contributed by atoms with van der Waals surface area (Å²) < 4.78 is 0. The van der Waals surface area contributed by atoms with Crippen molar-refractivity contribution in [2.24, 2.45) is 5.41 Å². The normalized spacial score (nSPS) is 22.5. The van der Waals surface area contributed by atoms with Gasteiger partial charge in [0.25, 0.3) is 0 Å². The molecule has 0 amide bonds. The summed E-state index contributed by atoms with van der Waals surface area (Å²) in [6.45, 7) is 0. The minimum atomic E-state index is -1.57. The minimum Gasteiger partial charge on any atom is -0.352 e. The smallest absolute Gasteiger partial charge is 0.195 e. The number of thiophene rings is 1. The zero-order chi connectivity index (χ0) is 26.2. The molecule has 4 aromatic rings.